The number of aromatic amines is 1. The van der Waals surface area contributed by atoms with E-state index in [0.717, 1.165) is 0 Å². The zero-order valence-electron chi connectivity index (χ0n) is 11.3. The first-order valence-electron chi connectivity index (χ1n) is 6.24. The van der Waals surface area contributed by atoms with Crippen molar-refractivity contribution >= 4 is 17.8 Å². The van der Waals surface area contributed by atoms with Crippen LogP contribution in [0.4, 0.5) is 0 Å². The van der Waals surface area contributed by atoms with Gasteiger partial charge in [0.2, 0.25) is 5.91 Å². The van der Waals surface area contributed by atoms with Crippen LogP contribution in [0.5, 0.6) is 0 Å². The van der Waals surface area contributed by atoms with Gasteiger partial charge in [-0.15, -0.1) is 0 Å². The molecular weight excluding hydrogens is 264 g/mol. The Morgan fingerprint density at radius 3 is 2.70 bits per heavy atom. The van der Waals surface area contributed by atoms with Gasteiger partial charge in [0.15, 0.2) is 0 Å². The van der Waals surface area contributed by atoms with Crippen LogP contribution in [0.1, 0.15) is 28.2 Å². The van der Waals surface area contributed by atoms with E-state index >= 15 is 0 Å². The number of amides is 2. The number of carbonyl (C=O) groups is 3. The molecule has 1 aliphatic heterocycles. The van der Waals surface area contributed by atoms with Crippen molar-refractivity contribution in [3.8, 4) is 0 Å². The van der Waals surface area contributed by atoms with E-state index < -0.39 is 24.3 Å². The molecule has 8 nitrogen and oxygen atoms in total. The van der Waals surface area contributed by atoms with Crippen molar-refractivity contribution in [1.29, 1.82) is 0 Å². The van der Waals surface area contributed by atoms with E-state index in [4.69, 9.17) is 5.11 Å². The number of rotatable bonds is 3. The fraction of sp³-hybridized carbons (Fsp3) is 0.500. The topological polar surface area (TPSA) is 115 Å². The summed E-state index contributed by atoms with van der Waals surface area (Å²) in [6.07, 6.45) is -0.409. The Bertz CT molecular complexity index is 546. The van der Waals surface area contributed by atoms with Crippen LogP contribution < -0.4 is 5.32 Å². The van der Waals surface area contributed by atoms with Crippen LogP contribution in [0.15, 0.2) is 0 Å². The van der Waals surface area contributed by atoms with Crippen molar-refractivity contribution in [3.05, 3.63) is 17.0 Å². The molecule has 1 aliphatic rings. The largest absolute Gasteiger partial charge is 0.481 e. The van der Waals surface area contributed by atoms with Crippen LogP contribution in [0.25, 0.3) is 0 Å². The molecule has 0 aliphatic carbocycles. The number of aryl methyl sites for hydroxylation is 2. The molecule has 20 heavy (non-hydrogen) atoms. The molecule has 0 aromatic carbocycles. The second kappa shape index (κ2) is 5.32. The number of carbonyl (C=O) groups excluding carboxylic acids is 2. The lowest BCUT2D eigenvalue weighted by Gasteiger charge is -2.34. The molecule has 0 saturated carbocycles. The summed E-state index contributed by atoms with van der Waals surface area (Å²) in [4.78, 5) is 36.5. The number of nitrogens with zero attached hydrogens (tertiary/aromatic N) is 2. The Balaban J connectivity index is 2.30. The van der Waals surface area contributed by atoms with Crippen LogP contribution in [0, 0.1) is 13.8 Å². The average Bonchev–Trinajstić information content (AvgIpc) is 2.70. The smallest absolute Gasteiger partial charge is 0.305 e. The van der Waals surface area contributed by atoms with E-state index in [2.05, 4.69) is 15.5 Å². The molecule has 1 aromatic rings. The molecule has 0 spiro atoms. The Kier molecular flexibility index (Phi) is 3.73. The fourth-order valence-corrected chi connectivity index (χ4v) is 2.34. The molecule has 1 fully saturated rings. The molecule has 2 rings (SSSR count). The van der Waals surface area contributed by atoms with E-state index in [1.807, 2.05) is 0 Å². The predicted octanol–water partition coefficient (Wildman–Crippen LogP) is -0.558. The third-order valence-corrected chi connectivity index (χ3v) is 3.30. The summed E-state index contributed by atoms with van der Waals surface area (Å²) in [5.41, 5.74) is 1.54. The van der Waals surface area contributed by atoms with Crippen LogP contribution in [0.3, 0.4) is 0 Å². The van der Waals surface area contributed by atoms with Crippen molar-refractivity contribution in [2.24, 2.45) is 0 Å². The van der Waals surface area contributed by atoms with Gasteiger partial charge in [-0.25, -0.2) is 0 Å². The van der Waals surface area contributed by atoms with Crippen molar-refractivity contribution in [1.82, 2.24) is 20.4 Å². The number of hydrogen-bond donors (Lipinski definition) is 3. The summed E-state index contributed by atoms with van der Waals surface area (Å²) < 4.78 is 0. The van der Waals surface area contributed by atoms with E-state index in [-0.39, 0.29) is 12.5 Å². The van der Waals surface area contributed by atoms with Gasteiger partial charge in [-0.3, -0.25) is 19.5 Å². The van der Waals surface area contributed by atoms with Gasteiger partial charge in [0.25, 0.3) is 5.91 Å². The third-order valence-electron chi connectivity index (χ3n) is 3.30. The number of piperazine rings is 1. The number of H-pyrrole nitrogens is 1. The molecular formula is C12H16N4O4. The number of nitrogens with one attached hydrogen (secondary N) is 2. The standard InChI is InChI=1S/C12H16N4O4/c1-6-10(7(2)15-14-6)12(20)16-4-3-13-11(19)8(16)5-9(17)18/h8H,3-5H2,1-2H3,(H,13,19)(H,14,15)(H,17,18). The number of hydrogen-bond acceptors (Lipinski definition) is 4. The van der Waals surface area contributed by atoms with Crippen LogP contribution >= 0.6 is 0 Å². The summed E-state index contributed by atoms with van der Waals surface area (Å²) in [6, 6.07) is -0.984. The fourth-order valence-electron chi connectivity index (χ4n) is 2.34. The predicted molar refractivity (Wildman–Crippen MR) is 68.1 cm³/mol. The number of aliphatic carboxylic acids is 1. The van der Waals surface area contributed by atoms with Crippen molar-refractivity contribution in [3.63, 3.8) is 0 Å². The molecule has 1 atom stereocenters. The second-order valence-electron chi connectivity index (χ2n) is 4.71. The molecule has 3 N–H and O–H groups in total. The molecule has 108 valence electrons. The van der Waals surface area contributed by atoms with Gasteiger partial charge in [0.05, 0.1) is 17.7 Å². The van der Waals surface area contributed by atoms with Crippen molar-refractivity contribution in [2.75, 3.05) is 13.1 Å². The average molecular weight is 280 g/mol. The Morgan fingerprint density at radius 1 is 1.45 bits per heavy atom. The zero-order chi connectivity index (χ0) is 14.9. The number of aromatic nitrogens is 2. The lowest BCUT2D eigenvalue weighted by Crippen LogP contribution is -2.57. The highest BCUT2D eigenvalue weighted by Gasteiger charge is 2.36. The molecule has 1 saturated heterocycles. The summed E-state index contributed by atoms with van der Waals surface area (Å²) in [6.45, 7) is 4.00. The summed E-state index contributed by atoms with van der Waals surface area (Å²) in [5, 5.41) is 18.1. The minimum atomic E-state index is -1.12. The van der Waals surface area contributed by atoms with Gasteiger partial charge in [0, 0.05) is 18.8 Å². The minimum Gasteiger partial charge on any atom is -0.481 e. The first-order chi connectivity index (χ1) is 9.41. The maximum atomic E-state index is 12.5. The van der Waals surface area contributed by atoms with Crippen LogP contribution in [0.2, 0.25) is 0 Å². The first kappa shape index (κ1) is 14.0. The third kappa shape index (κ3) is 2.49. The monoisotopic (exact) mass is 280 g/mol. The van der Waals surface area contributed by atoms with E-state index in [0.29, 0.717) is 23.5 Å². The highest BCUT2D eigenvalue weighted by atomic mass is 16.4. The van der Waals surface area contributed by atoms with Gasteiger partial charge >= 0.3 is 5.97 Å². The molecule has 0 bridgehead atoms. The summed E-state index contributed by atoms with van der Waals surface area (Å²) in [5.74, 6) is -1.92. The molecule has 1 unspecified atom stereocenters. The lowest BCUT2D eigenvalue weighted by atomic mass is 10.1. The molecule has 0 radical (unpaired) electrons. The van der Waals surface area contributed by atoms with Crippen molar-refractivity contribution < 1.29 is 19.5 Å². The Hall–Kier alpha value is -2.38. The van der Waals surface area contributed by atoms with Gasteiger partial charge in [0.1, 0.15) is 6.04 Å². The molecule has 8 heteroatoms. The number of carboxylic acid groups (broad SMARTS) is 1. The number of carboxylic acids is 1. The van der Waals surface area contributed by atoms with Gasteiger partial charge in [-0.05, 0) is 13.8 Å². The van der Waals surface area contributed by atoms with Crippen LogP contribution in [-0.4, -0.2) is 57.1 Å². The molecule has 2 heterocycles. The molecule has 2 amide bonds. The van der Waals surface area contributed by atoms with Crippen LogP contribution in [-0.2, 0) is 9.59 Å². The molecule has 1 aromatic heterocycles. The Labute approximate surface area is 115 Å². The Morgan fingerprint density at radius 2 is 2.15 bits per heavy atom. The highest BCUT2D eigenvalue weighted by Crippen LogP contribution is 2.17. The second-order valence-corrected chi connectivity index (χ2v) is 4.71. The van der Waals surface area contributed by atoms with E-state index in [1.165, 1.54) is 4.90 Å². The maximum absolute atomic E-state index is 12.5. The van der Waals surface area contributed by atoms with E-state index in [1.54, 1.807) is 13.8 Å². The lowest BCUT2D eigenvalue weighted by molar-refractivity contribution is -0.142. The van der Waals surface area contributed by atoms with Gasteiger partial charge in [-0.2, -0.15) is 5.10 Å². The normalized spacial score (nSPS) is 18.8. The maximum Gasteiger partial charge on any atom is 0.305 e. The quantitative estimate of drug-likeness (QED) is 0.686. The zero-order valence-corrected chi connectivity index (χ0v) is 11.3. The van der Waals surface area contributed by atoms with E-state index in [9.17, 15) is 14.4 Å². The summed E-state index contributed by atoms with van der Waals surface area (Å²) >= 11 is 0. The van der Waals surface area contributed by atoms with Gasteiger partial charge in [-0.1, -0.05) is 0 Å². The SMILES string of the molecule is Cc1n[nH]c(C)c1C(=O)N1CCNC(=O)C1CC(=O)O. The van der Waals surface area contributed by atoms with Gasteiger partial charge < -0.3 is 15.3 Å². The minimum absolute atomic E-state index is 0.284. The summed E-state index contributed by atoms with van der Waals surface area (Å²) in [7, 11) is 0. The first-order valence-corrected chi connectivity index (χ1v) is 6.24. The highest BCUT2D eigenvalue weighted by molar-refractivity contribution is 6.00. The van der Waals surface area contributed by atoms with Crippen molar-refractivity contribution in [2.45, 2.75) is 26.3 Å².